The van der Waals surface area contributed by atoms with E-state index >= 15 is 0 Å². The Morgan fingerprint density at radius 1 is 1.03 bits per heavy atom. The first-order valence-corrected chi connectivity index (χ1v) is 11.5. The predicted molar refractivity (Wildman–Crippen MR) is 110 cm³/mol. The van der Waals surface area contributed by atoms with E-state index in [0.29, 0.717) is 38.1 Å². The lowest BCUT2D eigenvalue weighted by atomic mass is 10.1. The fraction of sp³-hybridized carbons (Fsp3) is 0.409. The predicted octanol–water partition coefficient (Wildman–Crippen LogP) is 3.04. The summed E-state index contributed by atoms with van der Waals surface area (Å²) >= 11 is 0. The highest BCUT2D eigenvalue weighted by Crippen LogP contribution is 2.37. The lowest BCUT2D eigenvalue weighted by Gasteiger charge is -2.31. The van der Waals surface area contributed by atoms with Crippen LogP contribution in [0, 0.1) is 0 Å². The summed E-state index contributed by atoms with van der Waals surface area (Å²) in [5.41, 5.74) is 0.931. The summed E-state index contributed by atoms with van der Waals surface area (Å²) in [4.78, 5) is 14.3. The molecule has 0 bridgehead atoms. The van der Waals surface area contributed by atoms with Gasteiger partial charge in [-0.25, -0.2) is 8.42 Å². The molecule has 0 unspecified atom stereocenters. The average molecular weight is 415 g/mol. The number of para-hydroxylation sites is 1. The number of nitrogens with zero attached hydrogens (tertiary/aromatic N) is 2. The summed E-state index contributed by atoms with van der Waals surface area (Å²) in [6.45, 7) is 3.25. The number of amides is 1. The molecule has 0 N–H and O–H groups in total. The van der Waals surface area contributed by atoms with E-state index in [4.69, 9.17) is 4.74 Å². The number of fused-ring (bicyclic) bond motifs is 2. The van der Waals surface area contributed by atoms with Crippen molar-refractivity contribution in [3.05, 3.63) is 60.2 Å². The molecule has 2 aromatic carbocycles. The molecule has 1 fully saturated rings. The van der Waals surface area contributed by atoms with E-state index in [1.807, 2.05) is 42.2 Å². The minimum absolute atomic E-state index is 0.0966. The molecule has 1 saturated heterocycles. The van der Waals surface area contributed by atoms with Gasteiger partial charge in [0.05, 0.1) is 6.04 Å². The molecule has 6 nitrogen and oxygen atoms in total. The molecule has 2 aliphatic heterocycles. The van der Waals surface area contributed by atoms with Gasteiger partial charge in [0.2, 0.25) is 15.9 Å². The molecule has 4 rings (SSSR count). The SMILES string of the molecule is CCC(=O)N1CC[C@@H]2Oc3ccccc3S(=O)(=O)N(Cc3ccccc3)[C@H]2CC1. The van der Waals surface area contributed by atoms with E-state index in [2.05, 4.69) is 0 Å². The number of hydrogen-bond donors (Lipinski definition) is 0. The maximum absolute atomic E-state index is 13.6. The molecule has 2 atom stereocenters. The molecule has 154 valence electrons. The Morgan fingerprint density at radius 2 is 1.72 bits per heavy atom. The number of sulfonamides is 1. The maximum atomic E-state index is 13.6. The molecule has 1 amide bonds. The zero-order valence-corrected chi connectivity index (χ0v) is 17.3. The number of carbonyl (C=O) groups excluding carboxylic acids is 1. The van der Waals surface area contributed by atoms with Gasteiger partial charge in [0.15, 0.2) is 0 Å². The smallest absolute Gasteiger partial charge is 0.247 e. The molecule has 29 heavy (non-hydrogen) atoms. The van der Waals surface area contributed by atoms with Crippen LogP contribution < -0.4 is 4.74 Å². The maximum Gasteiger partial charge on any atom is 0.247 e. The van der Waals surface area contributed by atoms with Crippen LogP contribution in [0.4, 0.5) is 0 Å². The molecular formula is C22H26N2O4S. The molecule has 0 aromatic heterocycles. The molecule has 2 aliphatic rings. The van der Waals surface area contributed by atoms with Crippen molar-refractivity contribution in [1.82, 2.24) is 9.21 Å². The molecule has 0 saturated carbocycles. The van der Waals surface area contributed by atoms with Crippen LogP contribution in [-0.4, -0.2) is 48.8 Å². The average Bonchev–Trinajstić information content (AvgIpc) is 2.98. The number of benzene rings is 2. The van der Waals surface area contributed by atoms with Crippen LogP contribution in [0.25, 0.3) is 0 Å². The van der Waals surface area contributed by atoms with Crippen LogP contribution in [0.1, 0.15) is 31.7 Å². The van der Waals surface area contributed by atoms with Gasteiger partial charge in [0.25, 0.3) is 0 Å². The fourth-order valence-electron chi connectivity index (χ4n) is 4.20. The normalized spacial score (nSPS) is 23.8. The zero-order chi connectivity index (χ0) is 20.4. The van der Waals surface area contributed by atoms with E-state index in [1.54, 1.807) is 28.6 Å². The van der Waals surface area contributed by atoms with Gasteiger partial charge in [-0.05, 0) is 24.1 Å². The lowest BCUT2D eigenvalue weighted by molar-refractivity contribution is -0.130. The Kier molecular flexibility index (Phi) is 5.61. The van der Waals surface area contributed by atoms with Gasteiger partial charge in [-0.1, -0.05) is 49.4 Å². The van der Waals surface area contributed by atoms with Crippen molar-refractivity contribution in [1.29, 1.82) is 0 Å². The number of hydrogen-bond acceptors (Lipinski definition) is 4. The van der Waals surface area contributed by atoms with Crippen LogP contribution in [0.5, 0.6) is 5.75 Å². The molecule has 0 spiro atoms. The Labute approximate surface area is 172 Å². The number of ether oxygens (including phenoxy) is 1. The van der Waals surface area contributed by atoms with E-state index in [1.165, 1.54) is 0 Å². The highest BCUT2D eigenvalue weighted by Gasteiger charge is 2.43. The van der Waals surface area contributed by atoms with Crippen LogP contribution in [-0.2, 0) is 21.4 Å². The van der Waals surface area contributed by atoms with Gasteiger partial charge < -0.3 is 9.64 Å². The first-order valence-electron chi connectivity index (χ1n) is 10.1. The molecule has 2 heterocycles. The molecule has 0 aliphatic carbocycles. The second-order valence-corrected chi connectivity index (χ2v) is 9.38. The van der Waals surface area contributed by atoms with Crippen LogP contribution >= 0.6 is 0 Å². The van der Waals surface area contributed by atoms with Crippen LogP contribution in [0.15, 0.2) is 59.5 Å². The summed E-state index contributed by atoms with van der Waals surface area (Å²) < 4.78 is 35.1. The van der Waals surface area contributed by atoms with Crippen molar-refractivity contribution in [2.24, 2.45) is 0 Å². The van der Waals surface area contributed by atoms with Crippen molar-refractivity contribution < 1.29 is 17.9 Å². The number of carbonyl (C=O) groups is 1. The lowest BCUT2D eigenvalue weighted by Crippen LogP contribution is -2.46. The van der Waals surface area contributed by atoms with Gasteiger partial charge in [-0.15, -0.1) is 0 Å². The largest absolute Gasteiger partial charge is 0.487 e. The summed E-state index contributed by atoms with van der Waals surface area (Å²) in [6.07, 6.45) is 1.30. The van der Waals surface area contributed by atoms with Gasteiger partial charge >= 0.3 is 0 Å². The van der Waals surface area contributed by atoms with Crippen molar-refractivity contribution in [2.75, 3.05) is 13.1 Å². The first-order chi connectivity index (χ1) is 14.0. The monoisotopic (exact) mass is 414 g/mol. The third kappa shape index (κ3) is 3.89. The van der Waals surface area contributed by atoms with Gasteiger partial charge in [-0.2, -0.15) is 4.31 Å². The summed E-state index contributed by atoms with van der Waals surface area (Å²) in [5.74, 6) is 0.493. The molecule has 2 aromatic rings. The van der Waals surface area contributed by atoms with E-state index in [0.717, 1.165) is 5.56 Å². The minimum atomic E-state index is -3.74. The number of rotatable bonds is 3. The van der Waals surface area contributed by atoms with Crippen molar-refractivity contribution in [2.45, 2.75) is 49.8 Å². The third-order valence-corrected chi connectivity index (χ3v) is 7.64. The quantitative estimate of drug-likeness (QED) is 0.774. The fourth-order valence-corrected chi connectivity index (χ4v) is 5.99. The Hall–Kier alpha value is -2.38. The van der Waals surface area contributed by atoms with E-state index < -0.39 is 10.0 Å². The highest BCUT2D eigenvalue weighted by atomic mass is 32.2. The van der Waals surface area contributed by atoms with E-state index in [9.17, 15) is 13.2 Å². The van der Waals surface area contributed by atoms with Gasteiger partial charge in [0, 0.05) is 32.5 Å². The topological polar surface area (TPSA) is 66.9 Å². The number of likely N-dealkylation sites (tertiary alicyclic amines) is 1. The van der Waals surface area contributed by atoms with Crippen LogP contribution in [0.2, 0.25) is 0 Å². The minimum Gasteiger partial charge on any atom is -0.487 e. The van der Waals surface area contributed by atoms with Gasteiger partial charge in [0.1, 0.15) is 16.7 Å². The molecule has 0 radical (unpaired) electrons. The van der Waals surface area contributed by atoms with Crippen LogP contribution in [0.3, 0.4) is 0 Å². The zero-order valence-electron chi connectivity index (χ0n) is 16.5. The van der Waals surface area contributed by atoms with E-state index in [-0.39, 0.29) is 29.5 Å². The highest BCUT2D eigenvalue weighted by molar-refractivity contribution is 7.89. The Morgan fingerprint density at radius 3 is 2.48 bits per heavy atom. The van der Waals surface area contributed by atoms with Gasteiger partial charge in [-0.3, -0.25) is 4.79 Å². The van der Waals surface area contributed by atoms with Crippen molar-refractivity contribution in [3.63, 3.8) is 0 Å². The summed E-state index contributed by atoms with van der Waals surface area (Å²) in [5, 5.41) is 0. The first kappa shape index (κ1) is 19.9. The second-order valence-electron chi connectivity index (χ2n) is 7.52. The Bertz CT molecular complexity index is 977. The summed E-state index contributed by atoms with van der Waals surface area (Å²) in [6, 6.07) is 16.1. The molecule has 7 heteroatoms. The van der Waals surface area contributed by atoms with Crippen molar-refractivity contribution >= 4 is 15.9 Å². The third-order valence-electron chi connectivity index (χ3n) is 5.73. The molecular weight excluding hydrogens is 388 g/mol. The second kappa shape index (κ2) is 8.16. The summed E-state index contributed by atoms with van der Waals surface area (Å²) in [7, 11) is -3.74. The Balaban J connectivity index is 1.75. The van der Waals surface area contributed by atoms with Crippen molar-refractivity contribution in [3.8, 4) is 5.75 Å². The standard InChI is InChI=1S/C22H26N2O4S/c1-2-22(25)23-14-12-18-19(13-15-23)28-20-10-6-7-11-21(20)29(26,27)24(18)16-17-8-4-3-5-9-17/h3-11,18-19H,2,12-16H2,1H3/t18-,19-/m0/s1.